The molecular formula is C26H41N3O4. The van der Waals surface area contributed by atoms with Gasteiger partial charge in [-0.2, -0.15) is 5.26 Å². The Bertz CT molecular complexity index is 749. The number of unbranched alkanes of at least 4 members (excludes halogenated alkanes) is 3. The average Bonchev–Trinajstić information content (AvgIpc) is 3.27. The summed E-state index contributed by atoms with van der Waals surface area (Å²) < 4.78 is 11.8. The molecule has 7 heteroatoms. The quantitative estimate of drug-likeness (QED) is 0.374. The van der Waals surface area contributed by atoms with Gasteiger partial charge in [0.1, 0.15) is 6.04 Å². The molecule has 1 aliphatic heterocycles. The summed E-state index contributed by atoms with van der Waals surface area (Å²) in [5.74, 6) is 0.931. The highest BCUT2D eigenvalue weighted by molar-refractivity contribution is 5.79. The van der Waals surface area contributed by atoms with E-state index >= 15 is 0 Å². The van der Waals surface area contributed by atoms with Crippen LogP contribution in [0.2, 0.25) is 0 Å². The zero-order chi connectivity index (χ0) is 23.5. The van der Waals surface area contributed by atoms with E-state index in [1.54, 1.807) is 4.90 Å². The molecular weight excluding hydrogens is 418 g/mol. The van der Waals surface area contributed by atoms with E-state index in [1.165, 1.54) is 20.0 Å². The highest BCUT2D eigenvalue weighted by Crippen LogP contribution is 2.59. The van der Waals surface area contributed by atoms with Gasteiger partial charge in [-0.15, -0.1) is 0 Å². The van der Waals surface area contributed by atoms with Crippen molar-refractivity contribution in [3.05, 3.63) is 0 Å². The fourth-order valence-electron chi connectivity index (χ4n) is 7.50. The third kappa shape index (κ3) is 5.38. The minimum atomic E-state index is -0.497. The number of carbonyl (C=O) groups excluding carboxylic acids is 2. The van der Waals surface area contributed by atoms with E-state index in [-0.39, 0.29) is 35.6 Å². The van der Waals surface area contributed by atoms with Crippen molar-refractivity contribution in [2.24, 2.45) is 11.8 Å². The molecule has 1 N–H and O–H groups in total. The Kier molecular flexibility index (Phi) is 7.65. The number of amides is 1. The van der Waals surface area contributed by atoms with Gasteiger partial charge in [0.2, 0.25) is 5.91 Å². The van der Waals surface area contributed by atoms with Crippen molar-refractivity contribution in [1.82, 2.24) is 10.2 Å². The number of rotatable bonds is 11. The lowest BCUT2D eigenvalue weighted by Crippen LogP contribution is -2.66. The molecule has 0 aromatic heterocycles. The van der Waals surface area contributed by atoms with Gasteiger partial charge in [0.05, 0.1) is 25.3 Å². The predicted molar refractivity (Wildman–Crippen MR) is 124 cm³/mol. The molecule has 0 spiro atoms. The van der Waals surface area contributed by atoms with Crippen LogP contribution >= 0.6 is 0 Å². The molecule has 4 unspecified atom stereocenters. The first-order valence-electron chi connectivity index (χ1n) is 13.1. The molecule has 4 saturated carbocycles. The predicted octanol–water partition coefficient (Wildman–Crippen LogP) is 3.71. The lowest BCUT2D eigenvalue weighted by atomic mass is 9.51. The Morgan fingerprint density at radius 2 is 1.94 bits per heavy atom. The number of esters is 1. The summed E-state index contributed by atoms with van der Waals surface area (Å²) >= 11 is 0. The second-order valence-corrected chi connectivity index (χ2v) is 11.1. The highest BCUT2D eigenvalue weighted by Gasteiger charge is 2.59. The molecule has 0 aromatic carbocycles. The third-order valence-corrected chi connectivity index (χ3v) is 8.52. The maximum Gasteiger partial charge on any atom is 0.334 e. The van der Waals surface area contributed by atoms with E-state index in [2.05, 4.69) is 18.3 Å². The maximum atomic E-state index is 12.9. The number of hydrogen-bond donors (Lipinski definition) is 1. The SMILES string of the molecule is CCCCCCC(OC12CC3CC(CC(NCC(=O)N4CCCC4C#N)(C3)C1)C2)C(=O)OC. The van der Waals surface area contributed by atoms with Crippen molar-refractivity contribution >= 4 is 11.9 Å². The van der Waals surface area contributed by atoms with Crippen molar-refractivity contribution in [2.45, 2.75) is 114 Å². The number of nitrogens with zero attached hydrogens (tertiary/aromatic N) is 2. The second-order valence-electron chi connectivity index (χ2n) is 11.1. The molecule has 0 aromatic rings. The van der Waals surface area contributed by atoms with Crippen LogP contribution < -0.4 is 5.32 Å². The second kappa shape index (κ2) is 10.3. The van der Waals surface area contributed by atoms with Crippen LogP contribution in [-0.2, 0) is 19.1 Å². The Labute approximate surface area is 198 Å². The van der Waals surface area contributed by atoms with Crippen LogP contribution in [0.1, 0.15) is 90.4 Å². The summed E-state index contributed by atoms with van der Waals surface area (Å²) in [6.45, 7) is 3.15. The van der Waals surface area contributed by atoms with Gasteiger partial charge in [0, 0.05) is 12.1 Å². The first kappa shape index (κ1) is 24.5. The zero-order valence-corrected chi connectivity index (χ0v) is 20.4. The molecule has 5 aliphatic rings. The number of hydrogen-bond acceptors (Lipinski definition) is 6. The molecule has 5 fully saturated rings. The lowest BCUT2D eigenvalue weighted by molar-refractivity contribution is -0.210. The van der Waals surface area contributed by atoms with E-state index in [1.807, 2.05) is 0 Å². The van der Waals surface area contributed by atoms with Crippen molar-refractivity contribution < 1.29 is 19.1 Å². The Balaban J connectivity index is 1.41. The van der Waals surface area contributed by atoms with Crippen LogP contribution in [0.15, 0.2) is 0 Å². The monoisotopic (exact) mass is 459 g/mol. The van der Waals surface area contributed by atoms with Gasteiger partial charge < -0.3 is 19.7 Å². The Morgan fingerprint density at radius 3 is 2.61 bits per heavy atom. The van der Waals surface area contributed by atoms with Crippen LogP contribution in [0.4, 0.5) is 0 Å². The van der Waals surface area contributed by atoms with E-state index in [0.717, 1.165) is 64.2 Å². The number of methoxy groups -OCH3 is 1. The Hall–Kier alpha value is -1.65. The summed E-state index contributed by atoms with van der Waals surface area (Å²) in [7, 11) is 1.45. The number of likely N-dealkylation sites (tertiary alicyclic amines) is 1. The van der Waals surface area contributed by atoms with Gasteiger partial charge in [-0.1, -0.05) is 32.6 Å². The summed E-state index contributed by atoms with van der Waals surface area (Å²) in [6, 6.07) is 1.99. The molecule has 33 heavy (non-hydrogen) atoms. The summed E-state index contributed by atoms with van der Waals surface area (Å²) in [5, 5.41) is 13.0. The minimum Gasteiger partial charge on any atom is -0.467 e. The molecule has 0 radical (unpaired) electrons. The zero-order valence-electron chi connectivity index (χ0n) is 20.4. The maximum absolute atomic E-state index is 12.9. The number of nitriles is 1. The molecule has 1 amide bonds. The molecule has 4 bridgehead atoms. The van der Waals surface area contributed by atoms with Gasteiger partial charge in [-0.05, 0) is 69.6 Å². The van der Waals surface area contributed by atoms with Crippen LogP contribution in [0.25, 0.3) is 0 Å². The van der Waals surface area contributed by atoms with Crippen molar-refractivity contribution in [3.63, 3.8) is 0 Å². The Morgan fingerprint density at radius 1 is 1.18 bits per heavy atom. The topological polar surface area (TPSA) is 91.7 Å². The molecule has 4 atom stereocenters. The minimum absolute atomic E-state index is 0.0353. The molecule has 5 rings (SSSR count). The largest absolute Gasteiger partial charge is 0.467 e. The lowest BCUT2D eigenvalue weighted by Gasteiger charge is -2.62. The average molecular weight is 460 g/mol. The summed E-state index contributed by atoms with van der Waals surface area (Å²) in [5.41, 5.74) is -0.406. The van der Waals surface area contributed by atoms with Crippen LogP contribution in [0.3, 0.4) is 0 Å². The smallest absolute Gasteiger partial charge is 0.334 e. The van der Waals surface area contributed by atoms with Crippen LogP contribution in [0, 0.1) is 23.2 Å². The van der Waals surface area contributed by atoms with E-state index in [4.69, 9.17) is 9.47 Å². The molecule has 4 aliphatic carbocycles. The third-order valence-electron chi connectivity index (χ3n) is 8.52. The van der Waals surface area contributed by atoms with Gasteiger partial charge in [-0.25, -0.2) is 4.79 Å². The van der Waals surface area contributed by atoms with E-state index in [0.29, 0.717) is 24.8 Å². The van der Waals surface area contributed by atoms with Crippen molar-refractivity contribution in [2.75, 3.05) is 20.2 Å². The van der Waals surface area contributed by atoms with Crippen molar-refractivity contribution in [3.8, 4) is 6.07 Å². The van der Waals surface area contributed by atoms with Gasteiger partial charge in [-0.3, -0.25) is 4.79 Å². The number of ether oxygens (including phenoxy) is 2. The summed E-state index contributed by atoms with van der Waals surface area (Å²) in [4.78, 5) is 27.2. The normalized spacial score (nSPS) is 35.4. The first-order chi connectivity index (χ1) is 15.9. The fraction of sp³-hybridized carbons (Fsp3) is 0.885. The standard InChI is InChI=1S/C26H41N3O4/c1-3-4-5-6-9-22(24(31)32-2)33-26-14-19-11-20(15-26)13-25(12-19,18-26)28-17-23(30)29-10-7-8-21(29)16-27/h19-22,28H,3-15,17-18H2,1-2H3. The van der Waals surface area contributed by atoms with Gasteiger partial charge in [0.25, 0.3) is 0 Å². The van der Waals surface area contributed by atoms with Crippen LogP contribution in [-0.4, -0.2) is 60.3 Å². The highest BCUT2D eigenvalue weighted by atomic mass is 16.6. The van der Waals surface area contributed by atoms with Crippen LogP contribution in [0.5, 0.6) is 0 Å². The number of carbonyl (C=O) groups is 2. The molecule has 1 heterocycles. The van der Waals surface area contributed by atoms with Crippen molar-refractivity contribution in [1.29, 1.82) is 5.26 Å². The van der Waals surface area contributed by atoms with Gasteiger partial charge >= 0.3 is 5.97 Å². The number of nitrogens with one attached hydrogen (secondary N) is 1. The first-order valence-corrected chi connectivity index (χ1v) is 13.1. The molecule has 7 nitrogen and oxygen atoms in total. The fourth-order valence-corrected chi connectivity index (χ4v) is 7.50. The summed E-state index contributed by atoms with van der Waals surface area (Å²) in [6.07, 6.45) is 12.6. The molecule has 184 valence electrons. The van der Waals surface area contributed by atoms with Gasteiger partial charge in [0.15, 0.2) is 6.10 Å². The van der Waals surface area contributed by atoms with E-state index in [9.17, 15) is 14.9 Å². The van der Waals surface area contributed by atoms with E-state index < -0.39 is 6.10 Å². The molecule has 1 saturated heterocycles.